The Morgan fingerprint density at radius 1 is 1.31 bits per heavy atom. The lowest BCUT2D eigenvalue weighted by Gasteiger charge is -2.23. The zero-order valence-electron chi connectivity index (χ0n) is 9.95. The van der Waals surface area contributed by atoms with E-state index in [9.17, 15) is 0 Å². The van der Waals surface area contributed by atoms with Gasteiger partial charge >= 0.3 is 0 Å². The molecule has 1 aromatic carbocycles. The van der Waals surface area contributed by atoms with Crippen LogP contribution in [0.1, 0.15) is 24.5 Å². The first-order valence-electron chi connectivity index (χ1n) is 6.14. The number of nitrogens with zero attached hydrogens (tertiary/aromatic N) is 1. The topological polar surface area (TPSA) is 3.24 Å². The maximum absolute atomic E-state index is 5.89. The van der Waals surface area contributed by atoms with E-state index in [0.717, 1.165) is 19.0 Å². The largest absolute Gasteiger partial charge is 0.299 e. The van der Waals surface area contributed by atoms with Crippen molar-refractivity contribution in [3.05, 3.63) is 35.4 Å². The normalized spacial score (nSPS) is 18.9. The molecule has 0 radical (unpaired) electrons. The van der Waals surface area contributed by atoms with E-state index in [2.05, 4.69) is 36.1 Å². The number of hydrogen-bond acceptors (Lipinski definition) is 1. The zero-order valence-corrected chi connectivity index (χ0v) is 10.7. The molecular weight excluding hydrogens is 218 g/mol. The van der Waals surface area contributed by atoms with Crippen molar-refractivity contribution in [2.45, 2.75) is 26.3 Å². The summed E-state index contributed by atoms with van der Waals surface area (Å²) < 4.78 is 0. The molecule has 0 fully saturated rings. The number of aryl methyl sites for hydroxylation is 1. The maximum Gasteiger partial charge on any atom is 0.0261 e. The van der Waals surface area contributed by atoms with E-state index in [-0.39, 0.29) is 0 Å². The first-order valence-corrected chi connectivity index (χ1v) is 6.68. The van der Waals surface area contributed by atoms with Gasteiger partial charge in [0.2, 0.25) is 0 Å². The number of benzene rings is 1. The SMILES string of the molecule is CC(CCl)CN1CCCc2ccccc2C1. The molecule has 0 saturated heterocycles. The Morgan fingerprint density at radius 3 is 2.81 bits per heavy atom. The number of rotatable bonds is 3. The third-order valence-corrected chi connectivity index (χ3v) is 3.79. The van der Waals surface area contributed by atoms with Gasteiger partial charge in [0.25, 0.3) is 0 Å². The molecule has 16 heavy (non-hydrogen) atoms. The third-order valence-electron chi connectivity index (χ3n) is 3.27. The Labute approximate surface area is 103 Å². The smallest absolute Gasteiger partial charge is 0.0261 e. The van der Waals surface area contributed by atoms with Gasteiger partial charge in [0.15, 0.2) is 0 Å². The summed E-state index contributed by atoms with van der Waals surface area (Å²) in [5.41, 5.74) is 3.03. The minimum Gasteiger partial charge on any atom is -0.299 e. The minimum atomic E-state index is 0.590. The number of alkyl halides is 1. The van der Waals surface area contributed by atoms with E-state index in [0.29, 0.717) is 5.92 Å². The van der Waals surface area contributed by atoms with Crippen molar-refractivity contribution in [1.29, 1.82) is 0 Å². The van der Waals surface area contributed by atoms with Crippen molar-refractivity contribution >= 4 is 11.6 Å². The number of fused-ring (bicyclic) bond motifs is 1. The van der Waals surface area contributed by atoms with Gasteiger partial charge in [-0.25, -0.2) is 0 Å². The molecule has 88 valence electrons. The van der Waals surface area contributed by atoms with Crippen LogP contribution < -0.4 is 0 Å². The fourth-order valence-corrected chi connectivity index (χ4v) is 2.51. The van der Waals surface area contributed by atoms with Gasteiger partial charge in [0.05, 0.1) is 0 Å². The predicted molar refractivity (Wildman–Crippen MR) is 69.9 cm³/mol. The standard InChI is InChI=1S/C14H20ClN/c1-12(9-15)10-16-8-4-7-13-5-2-3-6-14(13)11-16/h2-3,5-6,12H,4,7-11H2,1H3. The summed E-state index contributed by atoms with van der Waals surface area (Å²) in [5.74, 6) is 1.35. The van der Waals surface area contributed by atoms with Gasteiger partial charge in [0.1, 0.15) is 0 Å². The van der Waals surface area contributed by atoms with Crippen LogP contribution >= 0.6 is 11.6 Å². The molecule has 0 saturated carbocycles. The summed E-state index contributed by atoms with van der Waals surface area (Å²) in [4.78, 5) is 2.54. The number of hydrogen-bond donors (Lipinski definition) is 0. The van der Waals surface area contributed by atoms with Crippen molar-refractivity contribution in [2.24, 2.45) is 5.92 Å². The van der Waals surface area contributed by atoms with Crippen molar-refractivity contribution in [3.8, 4) is 0 Å². The van der Waals surface area contributed by atoms with Gasteiger partial charge in [0, 0.05) is 19.0 Å². The molecule has 1 nitrogen and oxygen atoms in total. The van der Waals surface area contributed by atoms with Crippen LogP contribution in [0, 0.1) is 5.92 Å². The van der Waals surface area contributed by atoms with Crippen LogP contribution in [0.2, 0.25) is 0 Å². The summed E-state index contributed by atoms with van der Waals surface area (Å²) in [6, 6.07) is 8.83. The molecule has 1 unspecified atom stereocenters. The molecule has 0 amide bonds. The Bertz CT molecular complexity index is 337. The molecular formula is C14H20ClN. The molecule has 0 aliphatic carbocycles. The van der Waals surface area contributed by atoms with E-state index >= 15 is 0 Å². The lowest BCUT2D eigenvalue weighted by molar-refractivity contribution is 0.241. The quantitative estimate of drug-likeness (QED) is 0.730. The molecule has 0 bridgehead atoms. The zero-order chi connectivity index (χ0) is 11.4. The van der Waals surface area contributed by atoms with E-state index in [1.54, 1.807) is 0 Å². The van der Waals surface area contributed by atoms with Crippen LogP contribution in [0.15, 0.2) is 24.3 Å². The van der Waals surface area contributed by atoms with Crippen LogP contribution in [0.5, 0.6) is 0 Å². The Hall–Kier alpha value is -0.530. The Kier molecular flexibility index (Phi) is 4.25. The third kappa shape index (κ3) is 2.99. The number of halogens is 1. The fourth-order valence-electron chi connectivity index (χ4n) is 2.41. The lowest BCUT2D eigenvalue weighted by atomic mass is 10.0. The monoisotopic (exact) mass is 237 g/mol. The average molecular weight is 238 g/mol. The average Bonchev–Trinajstić information content (AvgIpc) is 2.50. The van der Waals surface area contributed by atoms with Gasteiger partial charge in [-0.15, -0.1) is 11.6 Å². The maximum atomic E-state index is 5.89. The molecule has 2 heteroatoms. The fraction of sp³-hybridized carbons (Fsp3) is 0.571. The van der Waals surface area contributed by atoms with Gasteiger partial charge in [-0.3, -0.25) is 4.90 Å². The first-order chi connectivity index (χ1) is 7.79. The molecule has 2 rings (SSSR count). The van der Waals surface area contributed by atoms with E-state index in [4.69, 9.17) is 11.6 Å². The molecule has 1 aromatic rings. The highest BCUT2D eigenvalue weighted by Crippen LogP contribution is 2.19. The van der Waals surface area contributed by atoms with Gasteiger partial charge in [-0.1, -0.05) is 31.2 Å². The molecule has 1 atom stereocenters. The van der Waals surface area contributed by atoms with Crippen molar-refractivity contribution in [3.63, 3.8) is 0 Å². The van der Waals surface area contributed by atoms with Crippen LogP contribution in [0.4, 0.5) is 0 Å². The first kappa shape index (κ1) is 11.9. The molecule has 1 aliphatic heterocycles. The highest BCUT2D eigenvalue weighted by Gasteiger charge is 2.15. The second kappa shape index (κ2) is 5.70. The lowest BCUT2D eigenvalue weighted by Crippen LogP contribution is -2.29. The molecule has 0 spiro atoms. The molecule has 0 aromatic heterocycles. The van der Waals surface area contributed by atoms with Crippen molar-refractivity contribution in [2.75, 3.05) is 19.0 Å². The second-order valence-electron chi connectivity index (χ2n) is 4.87. The van der Waals surface area contributed by atoms with Crippen molar-refractivity contribution in [1.82, 2.24) is 4.90 Å². The molecule has 1 heterocycles. The van der Waals surface area contributed by atoms with Crippen molar-refractivity contribution < 1.29 is 0 Å². The van der Waals surface area contributed by atoms with E-state index < -0.39 is 0 Å². The highest BCUT2D eigenvalue weighted by atomic mass is 35.5. The van der Waals surface area contributed by atoms with Crippen LogP contribution in [-0.2, 0) is 13.0 Å². The minimum absolute atomic E-state index is 0.590. The van der Waals surface area contributed by atoms with Crippen LogP contribution in [-0.4, -0.2) is 23.9 Å². The van der Waals surface area contributed by atoms with E-state index in [1.165, 1.54) is 30.5 Å². The Balaban J connectivity index is 2.05. The molecule has 0 N–H and O–H groups in total. The van der Waals surface area contributed by atoms with Gasteiger partial charge in [-0.05, 0) is 36.4 Å². The Morgan fingerprint density at radius 2 is 2.06 bits per heavy atom. The van der Waals surface area contributed by atoms with Crippen LogP contribution in [0.3, 0.4) is 0 Å². The molecule has 1 aliphatic rings. The summed E-state index contributed by atoms with van der Waals surface area (Å²) in [5, 5.41) is 0. The van der Waals surface area contributed by atoms with Gasteiger partial charge in [-0.2, -0.15) is 0 Å². The van der Waals surface area contributed by atoms with Gasteiger partial charge < -0.3 is 0 Å². The second-order valence-corrected chi connectivity index (χ2v) is 5.18. The van der Waals surface area contributed by atoms with E-state index in [1.807, 2.05) is 0 Å². The summed E-state index contributed by atoms with van der Waals surface area (Å²) in [7, 11) is 0. The summed E-state index contributed by atoms with van der Waals surface area (Å²) in [6.07, 6.45) is 2.49. The predicted octanol–water partition coefficient (Wildman–Crippen LogP) is 3.31. The van der Waals surface area contributed by atoms with Crippen LogP contribution in [0.25, 0.3) is 0 Å². The summed E-state index contributed by atoms with van der Waals surface area (Å²) in [6.45, 7) is 5.65. The summed E-state index contributed by atoms with van der Waals surface area (Å²) >= 11 is 5.89. The highest BCUT2D eigenvalue weighted by molar-refractivity contribution is 6.18.